The van der Waals surface area contributed by atoms with Gasteiger partial charge in [0.1, 0.15) is 6.04 Å². The molecule has 2 aromatic carbocycles. The number of oxazole rings is 1. The molecule has 1 atom stereocenters. The monoisotopic (exact) mass is 445 g/mol. The number of nitrogens with one attached hydrogen (secondary N) is 2. The predicted octanol–water partition coefficient (Wildman–Crippen LogP) is 3.08. The van der Waals surface area contributed by atoms with Crippen LogP contribution in [-0.4, -0.2) is 24.9 Å². The zero-order valence-electron chi connectivity index (χ0n) is 18.2. The van der Waals surface area contributed by atoms with E-state index >= 15 is 0 Å². The van der Waals surface area contributed by atoms with Gasteiger partial charge in [0, 0.05) is 18.8 Å². The number of sulfonamides is 1. The smallest absolute Gasteiger partial charge is 0.408 e. The van der Waals surface area contributed by atoms with Crippen LogP contribution in [0.5, 0.6) is 0 Å². The highest BCUT2D eigenvalue weighted by molar-refractivity contribution is 7.89. The van der Waals surface area contributed by atoms with Crippen LogP contribution in [0.15, 0.2) is 50.5 Å². The second kappa shape index (κ2) is 8.68. The van der Waals surface area contributed by atoms with Gasteiger partial charge in [-0.15, -0.1) is 0 Å². The van der Waals surface area contributed by atoms with Gasteiger partial charge in [-0.3, -0.25) is 9.36 Å². The van der Waals surface area contributed by atoms with Crippen LogP contribution < -0.4 is 15.8 Å². The summed E-state index contributed by atoms with van der Waals surface area (Å²) in [6.45, 7) is 7.62. The van der Waals surface area contributed by atoms with E-state index in [4.69, 9.17) is 4.42 Å². The number of nitrogens with zero attached hydrogens (tertiary/aromatic N) is 1. The normalized spacial score (nSPS) is 13.0. The van der Waals surface area contributed by atoms with Gasteiger partial charge in [-0.2, -0.15) is 4.72 Å². The summed E-state index contributed by atoms with van der Waals surface area (Å²) in [6.07, 6.45) is 0.318. The van der Waals surface area contributed by atoms with Crippen molar-refractivity contribution in [3.63, 3.8) is 0 Å². The van der Waals surface area contributed by atoms with Gasteiger partial charge in [-0.25, -0.2) is 13.2 Å². The molecule has 0 radical (unpaired) electrons. The van der Waals surface area contributed by atoms with E-state index in [1.165, 1.54) is 29.8 Å². The lowest BCUT2D eigenvalue weighted by molar-refractivity contribution is -0.118. The van der Waals surface area contributed by atoms with E-state index < -0.39 is 27.7 Å². The number of hydrogen-bond donors (Lipinski definition) is 2. The molecule has 0 bridgehead atoms. The maximum absolute atomic E-state index is 13.0. The topological polar surface area (TPSA) is 110 Å². The maximum Gasteiger partial charge on any atom is 0.419 e. The Morgan fingerprint density at radius 3 is 2.52 bits per heavy atom. The van der Waals surface area contributed by atoms with Crippen molar-refractivity contribution in [2.75, 3.05) is 5.32 Å². The van der Waals surface area contributed by atoms with Crippen molar-refractivity contribution in [1.29, 1.82) is 0 Å². The van der Waals surface area contributed by atoms with Crippen LogP contribution >= 0.6 is 0 Å². The summed E-state index contributed by atoms with van der Waals surface area (Å²) in [7, 11) is -2.50. The predicted molar refractivity (Wildman–Crippen MR) is 120 cm³/mol. The van der Waals surface area contributed by atoms with Crippen molar-refractivity contribution >= 4 is 32.7 Å². The second-order valence-electron chi connectivity index (χ2n) is 8.17. The fraction of sp³-hybridized carbons (Fsp3) is 0.364. The second-order valence-corrected chi connectivity index (χ2v) is 9.88. The van der Waals surface area contributed by atoms with Crippen molar-refractivity contribution in [2.45, 2.75) is 45.1 Å². The van der Waals surface area contributed by atoms with Gasteiger partial charge in [0.25, 0.3) is 0 Å². The number of hydrogen-bond acceptors (Lipinski definition) is 5. The number of rotatable bonds is 7. The number of carbonyl (C=O) groups excluding carboxylic acids is 1. The van der Waals surface area contributed by atoms with E-state index in [-0.39, 0.29) is 16.4 Å². The largest absolute Gasteiger partial charge is 0.419 e. The molecule has 31 heavy (non-hydrogen) atoms. The van der Waals surface area contributed by atoms with Gasteiger partial charge in [0.15, 0.2) is 5.58 Å². The first-order chi connectivity index (χ1) is 14.5. The number of aryl methyl sites for hydroxylation is 3. The highest BCUT2D eigenvalue weighted by Gasteiger charge is 2.27. The molecule has 0 spiro atoms. The number of amides is 1. The summed E-state index contributed by atoms with van der Waals surface area (Å²) in [5.74, 6) is -0.937. The highest BCUT2D eigenvalue weighted by atomic mass is 32.2. The van der Waals surface area contributed by atoms with Crippen molar-refractivity contribution < 1.29 is 17.6 Å². The Morgan fingerprint density at radius 2 is 1.84 bits per heavy atom. The molecule has 0 saturated heterocycles. The third-order valence-corrected chi connectivity index (χ3v) is 6.52. The Balaban J connectivity index is 1.89. The minimum Gasteiger partial charge on any atom is -0.408 e. The summed E-state index contributed by atoms with van der Waals surface area (Å²) in [5, 5.41) is 2.84. The van der Waals surface area contributed by atoms with E-state index in [1.54, 1.807) is 0 Å². The lowest BCUT2D eigenvalue weighted by Gasteiger charge is -2.21. The Bertz CT molecular complexity index is 1290. The number of aromatic nitrogens is 1. The zero-order chi connectivity index (χ0) is 22.9. The molecule has 1 aromatic heterocycles. The van der Waals surface area contributed by atoms with Crippen molar-refractivity contribution in [3.05, 3.63) is 58.1 Å². The van der Waals surface area contributed by atoms with Gasteiger partial charge in [0.2, 0.25) is 15.9 Å². The zero-order valence-corrected chi connectivity index (χ0v) is 19.0. The number of fused-ring (bicyclic) bond motifs is 1. The van der Waals surface area contributed by atoms with Crippen LogP contribution in [0.25, 0.3) is 11.1 Å². The standard InChI is InChI=1S/C22H27N3O5S/c1-13(2)10-18(21(26)23-17-11-14(3)6-7-15(17)4)24-31(28,29)16-8-9-19-20(12-16)30-22(27)25(19)5/h6-9,11-13,18,24H,10H2,1-5H3,(H,23,26)/t18-/m1/s1. The summed E-state index contributed by atoms with van der Waals surface area (Å²) in [4.78, 5) is 24.6. The average Bonchev–Trinajstić information content (AvgIpc) is 2.97. The van der Waals surface area contributed by atoms with E-state index in [0.717, 1.165) is 11.1 Å². The molecule has 2 N–H and O–H groups in total. The lowest BCUT2D eigenvalue weighted by Crippen LogP contribution is -2.44. The minimum absolute atomic E-state index is 0.0756. The molecule has 3 rings (SSSR count). The number of anilines is 1. The van der Waals surface area contributed by atoms with E-state index in [1.807, 2.05) is 45.9 Å². The molecule has 0 aliphatic rings. The van der Waals surface area contributed by atoms with Crippen LogP contribution in [0.2, 0.25) is 0 Å². The number of carbonyl (C=O) groups is 1. The molecule has 3 aromatic rings. The van der Waals surface area contributed by atoms with E-state index in [2.05, 4.69) is 10.0 Å². The molecule has 0 unspecified atom stereocenters. The van der Waals surface area contributed by atoms with Crippen LogP contribution in [0.1, 0.15) is 31.4 Å². The van der Waals surface area contributed by atoms with Gasteiger partial charge >= 0.3 is 5.76 Å². The van der Waals surface area contributed by atoms with Crippen LogP contribution in [-0.2, 0) is 21.9 Å². The molecule has 1 heterocycles. The van der Waals surface area contributed by atoms with E-state index in [0.29, 0.717) is 17.6 Å². The minimum atomic E-state index is -4.04. The van der Waals surface area contributed by atoms with Crippen molar-refractivity contribution in [3.8, 4) is 0 Å². The molecule has 8 nitrogen and oxygen atoms in total. The van der Waals surface area contributed by atoms with Crippen LogP contribution in [0.3, 0.4) is 0 Å². The van der Waals surface area contributed by atoms with Gasteiger partial charge in [-0.1, -0.05) is 26.0 Å². The summed E-state index contributed by atoms with van der Waals surface area (Å²) in [6, 6.07) is 8.89. The third kappa shape index (κ3) is 5.05. The van der Waals surface area contributed by atoms with Crippen molar-refractivity contribution in [2.24, 2.45) is 13.0 Å². The lowest BCUT2D eigenvalue weighted by atomic mass is 10.0. The first-order valence-corrected chi connectivity index (χ1v) is 11.5. The van der Waals surface area contributed by atoms with Crippen molar-refractivity contribution in [1.82, 2.24) is 9.29 Å². The third-order valence-electron chi connectivity index (χ3n) is 5.05. The van der Waals surface area contributed by atoms with Gasteiger partial charge < -0.3 is 9.73 Å². The van der Waals surface area contributed by atoms with Crippen LogP contribution in [0, 0.1) is 19.8 Å². The summed E-state index contributed by atoms with van der Waals surface area (Å²) >= 11 is 0. The summed E-state index contributed by atoms with van der Waals surface area (Å²) in [5.41, 5.74) is 3.16. The average molecular weight is 446 g/mol. The quantitative estimate of drug-likeness (QED) is 0.581. The molecule has 9 heteroatoms. The van der Waals surface area contributed by atoms with Crippen LogP contribution in [0.4, 0.5) is 5.69 Å². The molecule has 166 valence electrons. The SMILES string of the molecule is Cc1ccc(C)c(NC(=O)[C@@H](CC(C)C)NS(=O)(=O)c2ccc3c(c2)oc(=O)n3C)c1. The molecule has 0 fully saturated rings. The fourth-order valence-corrected chi connectivity index (χ4v) is 4.53. The molecular weight excluding hydrogens is 418 g/mol. The Morgan fingerprint density at radius 1 is 1.13 bits per heavy atom. The highest BCUT2D eigenvalue weighted by Crippen LogP contribution is 2.21. The summed E-state index contributed by atoms with van der Waals surface area (Å²) < 4.78 is 34.9. The fourth-order valence-electron chi connectivity index (χ4n) is 3.31. The molecule has 1 amide bonds. The molecule has 0 saturated carbocycles. The molecular formula is C22H27N3O5S. The Hall–Kier alpha value is -2.91. The Kier molecular flexibility index (Phi) is 6.38. The van der Waals surface area contributed by atoms with Gasteiger partial charge in [-0.05, 0) is 55.5 Å². The van der Waals surface area contributed by atoms with E-state index in [9.17, 15) is 18.0 Å². The maximum atomic E-state index is 13.0. The van der Waals surface area contributed by atoms with Gasteiger partial charge in [0.05, 0.1) is 10.4 Å². The first kappa shape index (κ1) is 22.8. The molecule has 0 aliphatic heterocycles. The Labute approximate surface area is 181 Å². The number of benzene rings is 2. The molecule has 0 aliphatic carbocycles. The first-order valence-electron chi connectivity index (χ1n) is 9.98.